The van der Waals surface area contributed by atoms with Gasteiger partial charge in [0.1, 0.15) is 5.58 Å². The van der Waals surface area contributed by atoms with Gasteiger partial charge < -0.3 is 9.43 Å². The van der Waals surface area contributed by atoms with Crippen LogP contribution in [0.4, 0.5) is 0 Å². The molecule has 0 spiro atoms. The lowest BCUT2D eigenvalue weighted by molar-refractivity contribution is 0.435. The van der Waals surface area contributed by atoms with Crippen molar-refractivity contribution in [2.24, 2.45) is 5.10 Å². The highest BCUT2D eigenvalue weighted by Crippen LogP contribution is 2.19. The topological polar surface area (TPSA) is 28.7 Å². The predicted octanol–water partition coefficient (Wildman–Crippen LogP) is 2.72. The van der Waals surface area contributed by atoms with Crippen molar-refractivity contribution in [2.45, 2.75) is 6.92 Å². The Kier molecular flexibility index (Phi) is 2.46. The number of rotatable bonds is 2. The summed E-state index contributed by atoms with van der Waals surface area (Å²) in [4.78, 5) is 0. The quantitative estimate of drug-likeness (QED) is 0.553. The molecule has 0 aliphatic carbocycles. The Bertz CT molecular complexity index is 464. The van der Waals surface area contributed by atoms with E-state index in [4.69, 9.17) is 4.42 Å². The molecule has 0 fully saturated rings. The molecule has 0 unspecified atom stereocenters. The first-order chi connectivity index (χ1) is 7.16. The largest absolute Gasteiger partial charge is 0.455 e. The smallest absolute Gasteiger partial charge is 0.151 e. The molecule has 0 atom stereocenters. The molecule has 0 saturated carbocycles. The van der Waals surface area contributed by atoms with Crippen LogP contribution in [0.15, 0.2) is 39.9 Å². The average Bonchev–Trinajstić information content (AvgIpc) is 2.59. The summed E-state index contributed by atoms with van der Waals surface area (Å²) >= 11 is 0. The fraction of sp³-hybridized carbons (Fsp3) is 0.250. The second kappa shape index (κ2) is 3.77. The minimum atomic E-state index is 0.824. The van der Waals surface area contributed by atoms with E-state index in [1.165, 1.54) is 0 Å². The molecule has 0 saturated heterocycles. The highest BCUT2D eigenvalue weighted by Gasteiger charge is 2.05. The number of para-hydroxylation sites is 1. The molecule has 2 rings (SSSR count). The molecule has 0 bridgehead atoms. The van der Waals surface area contributed by atoms with Crippen LogP contribution in [-0.4, -0.2) is 24.8 Å². The number of benzene rings is 1. The maximum atomic E-state index is 5.67. The van der Waals surface area contributed by atoms with E-state index in [9.17, 15) is 0 Å². The summed E-state index contributed by atoms with van der Waals surface area (Å²) in [6, 6.07) is 9.97. The van der Waals surface area contributed by atoms with Gasteiger partial charge >= 0.3 is 0 Å². The van der Waals surface area contributed by atoms with E-state index >= 15 is 0 Å². The van der Waals surface area contributed by atoms with Crippen molar-refractivity contribution in [3.8, 4) is 0 Å². The lowest BCUT2D eigenvalue weighted by Crippen LogP contribution is -2.06. The van der Waals surface area contributed by atoms with Crippen LogP contribution in [0.25, 0.3) is 11.0 Å². The first kappa shape index (κ1) is 9.77. The Morgan fingerprint density at radius 2 is 2.00 bits per heavy atom. The number of hydrogen-bond donors (Lipinski definition) is 0. The average molecular weight is 202 g/mol. The molecule has 1 aromatic heterocycles. The molecule has 0 aliphatic heterocycles. The van der Waals surface area contributed by atoms with Gasteiger partial charge in [0, 0.05) is 19.5 Å². The first-order valence-electron chi connectivity index (χ1n) is 4.88. The molecule has 2 aromatic rings. The molecule has 1 aromatic carbocycles. The van der Waals surface area contributed by atoms with Crippen LogP contribution < -0.4 is 0 Å². The van der Waals surface area contributed by atoms with Crippen molar-refractivity contribution in [1.29, 1.82) is 0 Å². The Morgan fingerprint density at radius 3 is 2.67 bits per heavy atom. The van der Waals surface area contributed by atoms with Crippen LogP contribution in [0, 0.1) is 0 Å². The van der Waals surface area contributed by atoms with Crippen LogP contribution in [0.2, 0.25) is 0 Å². The van der Waals surface area contributed by atoms with E-state index in [1.54, 1.807) is 5.01 Å². The zero-order valence-electron chi connectivity index (χ0n) is 9.19. The van der Waals surface area contributed by atoms with E-state index in [1.807, 2.05) is 51.4 Å². The highest BCUT2D eigenvalue weighted by molar-refractivity contribution is 5.99. The Labute approximate surface area is 89.0 Å². The Balaban J connectivity index is 2.45. The first-order valence-corrected chi connectivity index (χ1v) is 4.88. The molecule has 3 heteroatoms. The van der Waals surface area contributed by atoms with E-state index in [-0.39, 0.29) is 0 Å². The number of fused-ring (bicyclic) bond motifs is 1. The van der Waals surface area contributed by atoms with Crippen molar-refractivity contribution < 1.29 is 4.42 Å². The van der Waals surface area contributed by atoms with Crippen LogP contribution >= 0.6 is 0 Å². The monoisotopic (exact) mass is 202 g/mol. The normalized spacial score (nSPS) is 12.1. The summed E-state index contributed by atoms with van der Waals surface area (Å²) in [5.74, 6) is 0.824. The van der Waals surface area contributed by atoms with Crippen LogP contribution in [0.3, 0.4) is 0 Å². The summed E-state index contributed by atoms with van der Waals surface area (Å²) in [6.45, 7) is 1.94. The van der Waals surface area contributed by atoms with Gasteiger partial charge in [-0.05, 0) is 19.1 Å². The fourth-order valence-electron chi connectivity index (χ4n) is 1.51. The van der Waals surface area contributed by atoms with Crippen molar-refractivity contribution in [1.82, 2.24) is 5.01 Å². The fourth-order valence-corrected chi connectivity index (χ4v) is 1.51. The third-order valence-corrected chi connectivity index (χ3v) is 2.13. The summed E-state index contributed by atoms with van der Waals surface area (Å²) < 4.78 is 5.67. The van der Waals surface area contributed by atoms with Gasteiger partial charge in [0.25, 0.3) is 0 Å². The van der Waals surface area contributed by atoms with E-state index in [0.717, 1.165) is 22.4 Å². The number of furan rings is 1. The molecular formula is C12H14N2O. The molecular weight excluding hydrogens is 188 g/mol. The minimum absolute atomic E-state index is 0.824. The van der Waals surface area contributed by atoms with Gasteiger partial charge in [-0.2, -0.15) is 5.10 Å². The van der Waals surface area contributed by atoms with Gasteiger partial charge in [-0.15, -0.1) is 0 Å². The molecule has 0 aliphatic rings. The second-order valence-electron chi connectivity index (χ2n) is 3.68. The van der Waals surface area contributed by atoms with Crippen molar-refractivity contribution in [3.63, 3.8) is 0 Å². The third-order valence-electron chi connectivity index (χ3n) is 2.13. The minimum Gasteiger partial charge on any atom is -0.455 e. The SMILES string of the molecule is C/C(=N\N(C)C)c1cc2ccccc2o1. The van der Waals surface area contributed by atoms with Gasteiger partial charge in [0.2, 0.25) is 0 Å². The number of nitrogens with zero attached hydrogens (tertiary/aromatic N) is 2. The molecule has 15 heavy (non-hydrogen) atoms. The summed E-state index contributed by atoms with van der Waals surface area (Å²) in [6.07, 6.45) is 0. The third kappa shape index (κ3) is 2.01. The number of hydrogen-bond acceptors (Lipinski definition) is 3. The standard InChI is InChI=1S/C12H14N2O/c1-9(13-14(2)3)12-8-10-6-4-5-7-11(10)15-12/h4-8H,1-3H3/b13-9+. The van der Waals surface area contributed by atoms with Crippen LogP contribution in [0.1, 0.15) is 12.7 Å². The van der Waals surface area contributed by atoms with Gasteiger partial charge in [-0.1, -0.05) is 18.2 Å². The van der Waals surface area contributed by atoms with Gasteiger partial charge in [0.05, 0.1) is 5.71 Å². The second-order valence-corrected chi connectivity index (χ2v) is 3.68. The lowest BCUT2D eigenvalue weighted by atomic mass is 10.2. The predicted molar refractivity (Wildman–Crippen MR) is 62.1 cm³/mol. The Morgan fingerprint density at radius 1 is 1.27 bits per heavy atom. The summed E-state index contributed by atoms with van der Waals surface area (Å²) in [5, 5.41) is 7.18. The van der Waals surface area contributed by atoms with E-state index < -0.39 is 0 Å². The highest BCUT2D eigenvalue weighted by atomic mass is 16.3. The maximum Gasteiger partial charge on any atom is 0.151 e. The van der Waals surface area contributed by atoms with Crippen molar-refractivity contribution in [2.75, 3.05) is 14.1 Å². The molecule has 1 heterocycles. The molecule has 0 radical (unpaired) electrons. The number of hydrazone groups is 1. The van der Waals surface area contributed by atoms with E-state index in [2.05, 4.69) is 5.10 Å². The van der Waals surface area contributed by atoms with Gasteiger partial charge in [-0.3, -0.25) is 0 Å². The zero-order chi connectivity index (χ0) is 10.8. The van der Waals surface area contributed by atoms with Crippen LogP contribution in [-0.2, 0) is 0 Å². The lowest BCUT2D eigenvalue weighted by Gasteiger charge is -2.04. The molecule has 0 N–H and O–H groups in total. The van der Waals surface area contributed by atoms with Crippen LogP contribution in [0.5, 0.6) is 0 Å². The maximum absolute atomic E-state index is 5.67. The van der Waals surface area contributed by atoms with E-state index in [0.29, 0.717) is 0 Å². The van der Waals surface area contributed by atoms with Gasteiger partial charge in [-0.25, -0.2) is 0 Å². The Hall–Kier alpha value is -1.77. The molecule has 78 valence electrons. The summed E-state index contributed by atoms with van der Waals surface area (Å²) in [7, 11) is 3.79. The van der Waals surface area contributed by atoms with Crippen molar-refractivity contribution in [3.05, 3.63) is 36.1 Å². The zero-order valence-corrected chi connectivity index (χ0v) is 9.19. The molecule has 0 amide bonds. The van der Waals surface area contributed by atoms with Crippen molar-refractivity contribution >= 4 is 16.7 Å². The van der Waals surface area contributed by atoms with Gasteiger partial charge in [0.15, 0.2) is 5.76 Å². The summed E-state index contributed by atoms with van der Waals surface area (Å²) in [5.41, 5.74) is 1.79. The molecule has 3 nitrogen and oxygen atoms in total.